The Morgan fingerprint density at radius 3 is 1.18 bits per heavy atom. The van der Waals surface area contributed by atoms with Crippen LogP contribution in [-0.2, 0) is 32.2 Å². The summed E-state index contributed by atoms with van der Waals surface area (Å²) in [6.45, 7) is 5.37. The van der Waals surface area contributed by atoms with E-state index in [0.29, 0.717) is 33.7 Å². The molecule has 0 atom stereocenters. The maximum absolute atomic E-state index is 14.6. The van der Waals surface area contributed by atoms with Gasteiger partial charge in [-0.25, -0.2) is 9.59 Å². The van der Waals surface area contributed by atoms with Crippen LogP contribution in [0.2, 0.25) is 0 Å². The second-order valence-corrected chi connectivity index (χ2v) is 16.6. The van der Waals surface area contributed by atoms with E-state index >= 15 is 0 Å². The zero-order chi connectivity index (χ0) is 44.4. The van der Waals surface area contributed by atoms with Crippen molar-refractivity contribution in [1.82, 2.24) is 5.32 Å². The number of carbonyl (C=O) groups is 4. The Bertz CT molecular complexity index is 1770. The Labute approximate surface area is 370 Å². The van der Waals surface area contributed by atoms with Gasteiger partial charge in [0.05, 0.1) is 52.8 Å². The molecule has 1 aromatic carbocycles. The van der Waals surface area contributed by atoms with Gasteiger partial charge in [0, 0.05) is 24.3 Å². The highest BCUT2D eigenvalue weighted by Gasteiger charge is 2.42. The molecule has 0 spiro atoms. The Balaban J connectivity index is 1.62. The third-order valence-electron chi connectivity index (χ3n) is 11.6. The fourth-order valence-electron chi connectivity index (χ4n) is 8.00. The van der Waals surface area contributed by atoms with Gasteiger partial charge in [-0.05, 0) is 18.4 Å². The molecule has 11 heteroatoms. The molecule has 0 aliphatic carbocycles. The van der Waals surface area contributed by atoms with Crippen molar-refractivity contribution in [3.05, 3.63) is 119 Å². The molecule has 0 saturated heterocycles. The number of amides is 2. The summed E-state index contributed by atoms with van der Waals surface area (Å²) in [5.74, 6) is -2.93. The molecule has 11 nitrogen and oxygen atoms in total. The van der Waals surface area contributed by atoms with Crippen molar-refractivity contribution in [2.75, 3.05) is 13.2 Å². The van der Waals surface area contributed by atoms with Crippen LogP contribution in [-0.4, -0.2) is 37.0 Å². The predicted molar refractivity (Wildman–Crippen MR) is 242 cm³/mol. The van der Waals surface area contributed by atoms with E-state index in [-0.39, 0.29) is 26.3 Å². The summed E-state index contributed by atoms with van der Waals surface area (Å²) >= 11 is 0. The van der Waals surface area contributed by atoms with Crippen LogP contribution >= 0.6 is 0 Å². The first-order valence-corrected chi connectivity index (χ1v) is 23.4. The van der Waals surface area contributed by atoms with Crippen LogP contribution in [0.4, 0.5) is 0 Å². The molecule has 0 radical (unpaired) electrons. The average molecular weight is 852 g/mol. The number of nitrogens with two attached hydrogens (primary N) is 2. The third-order valence-corrected chi connectivity index (χ3v) is 11.6. The lowest BCUT2D eigenvalue weighted by Gasteiger charge is -2.31. The summed E-state index contributed by atoms with van der Waals surface area (Å²) in [5, 5.41) is 3.51. The number of carbonyl (C=O) groups excluding carboxylic acids is 4. The zero-order valence-electron chi connectivity index (χ0n) is 37.6. The van der Waals surface area contributed by atoms with Gasteiger partial charge in [0.2, 0.25) is 11.8 Å². The van der Waals surface area contributed by atoms with Crippen LogP contribution in [0, 0.1) is 0 Å². The van der Waals surface area contributed by atoms with Gasteiger partial charge in [0.1, 0.15) is 0 Å². The highest BCUT2D eigenvalue weighted by atomic mass is 16.5. The van der Waals surface area contributed by atoms with Crippen LogP contribution in [0.15, 0.2) is 102 Å². The van der Waals surface area contributed by atoms with E-state index in [0.717, 1.165) is 44.1 Å². The van der Waals surface area contributed by atoms with Crippen molar-refractivity contribution in [3.8, 4) is 0 Å². The van der Waals surface area contributed by atoms with Gasteiger partial charge >= 0.3 is 11.9 Å². The molecule has 5 N–H and O–H groups in total. The molecule has 2 amide bonds. The Kier molecular flexibility index (Phi) is 22.5. The van der Waals surface area contributed by atoms with Crippen LogP contribution in [0.5, 0.6) is 0 Å². The summed E-state index contributed by atoms with van der Waals surface area (Å²) in [5.41, 5.74) is 14.3. The molecule has 0 unspecified atom stereocenters. The molecular formula is C51H73N5O6+2. The van der Waals surface area contributed by atoms with Gasteiger partial charge in [0.15, 0.2) is 37.9 Å². The lowest BCUT2D eigenvalue weighted by Crippen LogP contribution is -2.46. The molecule has 1 aliphatic rings. The molecule has 4 rings (SSSR count). The van der Waals surface area contributed by atoms with Gasteiger partial charge in [-0.15, -0.1) is 0 Å². The van der Waals surface area contributed by atoms with E-state index in [1.54, 1.807) is 49.1 Å². The normalized spacial score (nSPS) is 12.9. The Hall–Kier alpha value is -5.32. The molecule has 0 bridgehead atoms. The first-order chi connectivity index (χ1) is 30.2. The van der Waals surface area contributed by atoms with E-state index < -0.39 is 29.7 Å². The number of primary amides is 2. The number of nitrogens with one attached hydrogen (secondary N) is 1. The molecule has 62 heavy (non-hydrogen) atoms. The van der Waals surface area contributed by atoms with E-state index in [4.69, 9.17) is 20.9 Å². The molecule has 0 fully saturated rings. The minimum atomic E-state index is -0.821. The molecule has 1 aliphatic heterocycles. The van der Waals surface area contributed by atoms with Gasteiger partial charge < -0.3 is 26.3 Å². The van der Waals surface area contributed by atoms with E-state index in [1.807, 2.05) is 39.5 Å². The maximum Gasteiger partial charge on any atom is 0.337 e. The van der Waals surface area contributed by atoms with Crippen molar-refractivity contribution in [1.29, 1.82) is 0 Å². The van der Waals surface area contributed by atoms with Crippen LogP contribution in [0.1, 0.15) is 174 Å². The number of nitrogens with zero attached hydrogens (tertiary/aromatic N) is 2. The van der Waals surface area contributed by atoms with Crippen LogP contribution in [0.3, 0.4) is 0 Å². The average Bonchev–Trinajstić information content (AvgIpc) is 3.27. The summed E-state index contributed by atoms with van der Waals surface area (Å²) < 4.78 is 15.8. The molecular weight excluding hydrogens is 779 g/mol. The molecule has 0 saturated carbocycles. The Morgan fingerprint density at radius 2 is 0.839 bits per heavy atom. The van der Waals surface area contributed by atoms with Crippen molar-refractivity contribution in [2.45, 2.75) is 161 Å². The second-order valence-electron chi connectivity index (χ2n) is 16.6. The predicted octanol–water partition coefficient (Wildman–Crippen LogP) is 8.98. The second kappa shape index (κ2) is 28.3. The highest BCUT2D eigenvalue weighted by Crippen LogP contribution is 2.40. The number of hydrogen-bond donors (Lipinski definition) is 3. The highest BCUT2D eigenvalue weighted by molar-refractivity contribution is 6.00. The van der Waals surface area contributed by atoms with Crippen molar-refractivity contribution in [2.24, 2.45) is 11.5 Å². The van der Waals surface area contributed by atoms with Gasteiger partial charge in [-0.3, -0.25) is 9.59 Å². The molecule has 3 heterocycles. The third kappa shape index (κ3) is 16.9. The number of rotatable bonds is 31. The first-order valence-electron chi connectivity index (χ1n) is 23.4. The Morgan fingerprint density at radius 1 is 0.500 bits per heavy atom. The maximum atomic E-state index is 14.6. The summed E-state index contributed by atoms with van der Waals surface area (Å²) in [4.78, 5) is 53.0. The monoisotopic (exact) mass is 852 g/mol. The van der Waals surface area contributed by atoms with Crippen LogP contribution in [0.25, 0.3) is 0 Å². The summed E-state index contributed by atoms with van der Waals surface area (Å²) in [7, 11) is 0. The number of benzene rings is 1. The molecule has 336 valence electrons. The van der Waals surface area contributed by atoms with E-state index in [9.17, 15) is 19.2 Å². The van der Waals surface area contributed by atoms with Crippen molar-refractivity contribution in [3.63, 3.8) is 0 Å². The summed E-state index contributed by atoms with van der Waals surface area (Å²) in [6.07, 6.45) is 30.1. The van der Waals surface area contributed by atoms with Gasteiger partial charge in [-0.2, -0.15) is 9.13 Å². The number of pyridine rings is 2. The molecule has 3 aromatic rings. The van der Waals surface area contributed by atoms with E-state index in [2.05, 4.69) is 19.2 Å². The zero-order valence-corrected chi connectivity index (χ0v) is 37.6. The van der Waals surface area contributed by atoms with Crippen molar-refractivity contribution < 1.29 is 37.8 Å². The SMILES string of the molecule is CCCCCCCCCCCCOC(=O)C1=C(C[n+]2ccc(C(N)=O)cc2)NC(C[n+]2ccc(C(N)=O)cc2)=C(C(=O)OCCCCCCCCCCCC)C1c1ccccc1. The molecule has 2 aromatic heterocycles. The fourth-order valence-corrected chi connectivity index (χ4v) is 8.00. The number of allylic oxidation sites excluding steroid dienone is 2. The topological polar surface area (TPSA) is 159 Å². The minimum absolute atomic E-state index is 0.195. The number of aromatic nitrogens is 2. The number of unbranched alkanes of at least 4 members (excludes halogenated alkanes) is 18. The number of esters is 2. The van der Waals surface area contributed by atoms with Gasteiger partial charge in [-0.1, -0.05) is 160 Å². The standard InChI is InChI=1S/C51H71N5O6/c1-3-5-7-9-11-13-15-17-19-24-36-61-50(59)46-43(38-55-32-28-41(29-33-55)48(52)57)54-44(39-56-34-30-42(31-35-56)49(53)58)47(45(46)40-26-22-21-23-27-40)51(60)62-37-25-20-18-16-14-12-10-8-6-4-2/h21-23,26-35,45H,3-20,24-25,36-39H2,1-2H3,(H3-2,52,53,54,57,58,59,60)/p+2. The smallest absolute Gasteiger partial charge is 0.337 e. The lowest BCUT2D eigenvalue weighted by atomic mass is 9.80. The van der Waals surface area contributed by atoms with E-state index in [1.165, 1.54) is 89.9 Å². The quantitative estimate of drug-likeness (QED) is 0.0331. The number of dihydropyridines is 1. The lowest BCUT2D eigenvalue weighted by molar-refractivity contribution is -0.692. The van der Waals surface area contributed by atoms with Crippen molar-refractivity contribution >= 4 is 23.8 Å². The van der Waals surface area contributed by atoms with Crippen LogP contribution < -0.4 is 25.9 Å². The number of hydrogen-bond acceptors (Lipinski definition) is 7. The fraction of sp³-hybridized carbons (Fsp3) is 0.529. The van der Waals surface area contributed by atoms with Gasteiger partial charge in [0.25, 0.3) is 0 Å². The minimum Gasteiger partial charge on any atom is -0.462 e. The summed E-state index contributed by atoms with van der Waals surface area (Å²) in [6, 6.07) is 16.0. The number of ether oxygens (including phenoxy) is 2. The first kappa shape index (κ1) is 49.3. The largest absolute Gasteiger partial charge is 0.462 e.